The Hall–Kier alpha value is -0.650. The van der Waals surface area contributed by atoms with E-state index in [9.17, 15) is 4.39 Å². The second-order valence-electron chi connectivity index (χ2n) is 3.54. The van der Waals surface area contributed by atoms with E-state index in [0.29, 0.717) is 9.14 Å². The van der Waals surface area contributed by atoms with E-state index >= 15 is 0 Å². The summed E-state index contributed by atoms with van der Waals surface area (Å²) in [6.45, 7) is 0. The third-order valence-corrected chi connectivity index (χ3v) is 3.78. The normalized spacial score (nSPS) is 12.7. The Labute approximate surface area is 115 Å². The first-order valence-electron chi connectivity index (χ1n) is 4.98. The summed E-state index contributed by atoms with van der Waals surface area (Å²) in [7, 11) is 1.85. The van der Waals surface area contributed by atoms with Crippen molar-refractivity contribution in [1.82, 2.24) is 5.32 Å². The summed E-state index contributed by atoms with van der Waals surface area (Å²) in [6.07, 6.45) is 1.61. The van der Waals surface area contributed by atoms with Crippen LogP contribution < -0.4 is 5.32 Å². The number of nitrogens with one attached hydrogen (secondary N) is 1. The minimum atomic E-state index is -0.269. The molecule has 2 nitrogen and oxygen atoms in total. The number of hydrogen-bond donors (Lipinski definition) is 1. The highest BCUT2D eigenvalue weighted by molar-refractivity contribution is 9.10. The van der Waals surface area contributed by atoms with Gasteiger partial charge in [0.05, 0.1) is 16.8 Å². The molecule has 1 heterocycles. The SMILES string of the molecule is CNC(c1ccc(F)c(Br)c1)c1ccoc1Br. The molecule has 0 bridgehead atoms. The van der Waals surface area contributed by atoms with E-state index in [-0.39, 0.29) is 11.9 Å². The van der Waals surface area contributed by atoms with Crippen molar-refractivity contribution in [3.05, 3.63) is 56.6 Å². The van der Waals surface area contributed by atoms with Gasteiger partial charge in [-0.2, -0.15) is 0 Å². The van der Waals surface area contributed by atoms with Crippen LogP contribution in [0.2, 0.25) is 0 Å². The van der Waals surface area contributed by atoms with Crippen molar-refractivity contribution >= 4 is 31.9 Å². The van der Waals surface area contributed by atoms with Gasteiger partial charge in [-0.15, -0.1) is 0 Å². The van der Waals surface area contributed by atoms with Gasteiger partial charge >= 0.3 is 0 Å². The minimum Gasteiger partial charge on any atom is -0.457 e. The molecule has 0 amide bonds. The van der Waals surface area contributed by atoms with Crippen LogP contribution in [0.3, 0.4) is 0 Å². The molecule has 0 fully saturated rings. The molecule has 2 aromatic rings. The van der Waals surface area contributed by atoms with Gasteiger partial charge in [-0.1, -0.05) is 6.07 Å². The smallest absolute Gasteiger partial charge is 0.174 e. The molecule has 0 aliphatic rings. The summed E-state index contributed by atoms with van der Waals surface area (Å²) in [6, 6.07) is 6.79. The zero-order chi connectivity index (χ0) is 12.4. The Kier molecular flexibility index (Phi) is 4.01. The summed E-state index contributed by atoms with van der Waals surface area (Å²) in [5.41, 5.74) is 1.94. The van der Waals surface area contributed by atoms with Crippen LogP contribution in [-0.2, 0) is 0 Å². The second kappa shape index (κ2) is 5.33. The van der Waals surface area contributed by atoms with Gasteiger partial charge < -0.3 is 9.73 Å². The molecule has 1 aromatic heterocycles. The highest BCUT2D eigenvalue weighted by Crippen LogP contribution is 2.31. The van der Waals surface area contributed by atoms with Gasteiger partial charge in [-0.3, -0.25) is 0 Å². The molecule has 0 saturated heterocycles. The Bertz CT molecular complexity index is 527. The molecule has 17 heavy (non-hydrogen) atoms. The van der Waals surface area contributed by atoms with E-state index in [0.717, 1.165) is 11.1 Å². The molecule has 0 aliphatic heterocycles. The molecule has 1 aromatic carbocycles. The molecule has 1 unspecified atom stereocenters. The molecule has 1 N–H and O–H groups in total. The summed E-state index contributed by atoms with van der Waals surface area (Å²) >= 11 is 6.53. The van der Waals surface area contributed by atoms with Crippen LogP contribution in [0.5, 0.6) is 0 Å². The number of rotatable bonds is 3. The van der Waals surface area contributed by atoms with Crippen LogP contribution in [0.1, 0.15) is 17.2 Å². The fourth-order valence-corrected chi connectivity index (χ4v) is 2.57. The first kappa shape index (κ1) is 12.8. The highest BCUT2D eigenvalue weighted by Gasteiger charge is 2.17. The fourth-order valence-electron chi connectivity index (χ4n) is 1.70. The zero-order valence-electron chi connectivity index (χ0n) is 9.01. The van der Waals surface area contributed by atoms with Crippen molar-refractivity contribution in [2.75, 3.05) is 7.05 Å². The predicted octanol–water partition coefficient (Wildman–Crippen LogP) is 4.25. The average molecular weight is 363 g/mol. The maximum absolute atomic E-state index is 13.2. The van der Waals surface area contributed by atoms with Crippen molar-refractivity contribution in [3.63, 3.8) is 0 Å². The highest BCUT2D eigenvalue weighted by atomic mass is 79.9. The average Bonchev–Trinajstić information content (AvgIpc) is 2.71. The van der Waals surface area contributed by atoms with Crippen molar-refractivity contribution in [3.8, 4) is 0 Å². The first-order valence-corrected chi connectivity index (χ1v) is 6.57. The Balaban J connectivity index is 2.42. The van der Waals surface area contributed by atoms with Crippen LogP contribution in [0.4, 0.5) is 4.39 Å². The van der Waals surface area contributed by atoms with E-state index in [1.807, 2.05) is 13.1 Å². The molecule has 5 heteroatoms. The van der Waals surface area contributed by atoms with Gasteiger partial charge in [0.25, 0.3) is 0 Å². The quantitative estimate of drug-likeness (QED) is 0.882. The summed E-state index contributed by atoms with van der Waals surface area (Å²) in [5, 5.41) is 3.17. The summed E-state index contributed by atoms with van der Waals surface area (Å²) in [4.78, 5) is 0. The van der Waals surface area contributed by atoms with E-state index < -0.39 is 0 Å². The minimum absolute atomic E-state index is 0.0416. The standard InChI is InChI=1S/C12H10Br2FNO/c1-16-11(8-4-5-17-12(8)14)7-2-3-10(15)9(13)6-7/h2-6,11,16H,1H3. The third-order valence-electron chi connectivity index (χ3n) is 2.52. The van der Waals surface area contributed by atoms with Gasteiger partial charge in [-0.25, -0.2) is 4.39 Å². The lowest BCUT2D eigenvalue weighted by Crippen LogP contribution is -2.17. The number of furan rings is 1. The first-order chi connectivity index (χ1) is 8.13. The lowest BCUT2D eigenvalue weighted by Gasteiger charge is -2.16. The lowest BCUT2D eigenvalue weighted by molar-refractivity contribution is 0.530. The Morgan fingerprint density at radius 3 is 2.59 bits per heavy atom. The van der Waals surface area contributed by atoms with E-state index in [1.165, 1.54) is 6.07 Å². The van der Waals surface area contributed by atoms with Crippen LogP contribution >= 0.6 is 31.9 Å². The lowest BCUT2D eigenvalue weighted by atomic mass is 10.0. The van der Waals surface area contributed by atoms with Crippen LogP contribution in [-0.4, -0.2) is 7.05 Å². The number of benzene rings is 1. The second-order valence-corrected chi connectivity index (χ2v) is 5.12. The van der Waals surface area contributed by atoms with Crippen molar-refractivity contribution in [2.24, 2.45) is 0 Å². The van der Waals surface area contributed by atoms with E-state index in [2.05, 4.69) is 37.2 Å². The van der Waals surface area contributed by atoms with E-state index in [1.54, 1.807) is 18.4 Å². The maximum Gasteiger partial charge on any atom is 0.174 e. The van der Waals surface area contributed by atoms with Crippen molar-refractivity contribution in [2.45, 2.75) is 6.04 Å². The molecule has 1 atom stereocenters. The molecule has 90 valence electrons. The van der Waals surface area contributed by atoms with Crippen molar-refractivity contribution < 1.29 is 8.81 Å². The maximum atomic E-state index is 13.2. The topological polar surface area (TPSA) is 25.2 Å². The van der Waals surface area contributed by atoms with E-state index in [4.69, 9.17) is 4.42 Å². The Morgan fingerprint density at radius 1 is 1.29 bits per heavy atom. The third kappa shape index (κ3) is 2.61. The van der Waals surface area contributed by atoms with Crippen LogP contribution in [0.25, 0.3) is 0 Å². The predicted molar refractivity (Wildman–Crippen MR) is 71.4 cm³/mol. The largest absolute Gasteiger partial charge is 0.457 e. The van der Waals surface area contributed by atoms with Crippen LogP contribution in [0.15, 0.2) is 44.1 Å². The van der Waals surface area contributed by atoms with Gasteiger partial charge in [0.1, 0.15) is 5.82 Å². The molecular weight excluding hydrogens is 353 g/mol. The van der Waals surface area contributed by atoms with Crippen molar-refractivity contribution in [1.29, 1.82) is 0 Å². The number of halogens is 3. The Morgan fingerprint density at radius 2 is 2.06 bits per heavy atom. The summed E-state index contributed by atoms with van der Waals surface area (Å²) in [5.74, 6) is -0.269. The fraction of sp³-hybridized carbons (Fsp3) is 0.167. The molecule has 2 rings (SSSR count). The molecule has 0 spiro atoms. The molecular formula is C12H10Br2FNO. The molecule has 0 saturated carbocycles. The monoisotopic (exact) mass is 361 g/mol. The van der Waals surface area contributed by atoms with Gasteiger partial charge in [-0.05, 0) is 62.7 Å². The van der Waals surface area contributed by atoms with Gasteiger partial charge in [0.15, 0.2) is 4.67 Å². The number of hydrogen-bond acceptors (Lipinski definition) is 2. The molecule has 0 radical (unpaired) electrons. The summed E-state index contributed by atoms with van der Waals surface area (Å²) < 4.78 is 19.5. The zero-order valence-corrected chi connectivity index (χ0v) is 12.2. The molecule has 0 aliphatic carbocycles. The van der Waals surface area contributed by atoms with Crippen LogP contribution in [0, 0.1) is 5.82 Å². The van der Waals surface area contributed by atoms with Gasteiger partial charge in [0.2, 0.25) is 0 Å². The van der Waals surface area contributed by atoms with Gasteiger partial charge in [0, 0.05) is 5.56 Å².